The van der Waals surface area contributed by atoms with Gasteiger partial charge < -0.3 is 9.47 Å². The summed E-state index contributed by atoms with van der Waals surface area (Å²) in [6.45, 7) is 0.163. The maximum absolute atomic E-state index is 12.7. The number of carbonyl (C=O) groups excluding carboxylic acids is 1. The molecule has 55 heavy (non-hydrogen) atoms. The molecule has 8 rings (SSSR count). The van der Waals surface area contributed by atoms with E-state index >= 15 is 0 Å². The van der Waals surface area contributed by atoms with Gasteiger partial charge in [-0.1, -0.05) is 114 Å². The monoisotopic (exact) mass is 739 g/mol. The van der Waals surface area contributed by atoms with Crippen molar-refractivity contribution in [2.45, 2.75) is 6.61 Å². The minimum absolute atomic E-state index is 0.105. The van der Waals surface area contributed by atoms with Gasteiger partial charge in [-0.2, -0.15) is 0 Å². The minimum atomic E-state index is -0.105. The van der Waals surface area contributed by atoms with Crippen molar-refractivity contribution in [3.05, 3.63) is 192 Å². The van der Waals surface area contributed by atoms with E-state index in [9.17, 15) is 4.79 Å². The molecule has 0 atom stereocenters. The molecule has 0 spiro atoms. The summed E-state index contributed by atoms with van der Waals surface area (Å²) < 4.78 is 15.9. The number of rotatable bonds is 12. The lowest BCUT2D eigenvalue weighted by Crippen LogP contribution is -2.01. The highest BCUT2D eigenvalue weighted by Gasteiger charge is 2.23. The van der Waals surface area contributed by atoms with Crippen LogP contribution in [0.2, 0.25) is 5.02 Å². The van der Waals surface area contributed by atoms with Crippen LogP contribution < -0.4 is 9.47 Å². The van der Waals surface area contributed by atoms with Crippen molar-refractivity contribution in [2.24, 2.45) is 0 Å². The Labute approximate surface area is 323 Å². The van der Waals surface area contributed by atoms with Crippen LogP contribution in [0.5, 0.6) is 11.5 Å². The highest BCUT2D eigenvalue weighted by Crippen LogP contribution is 2.40. The van der Waals surface area contributed by atoms with Gasteiger partial charge in [-0.05, 0) is 78.4 Å². The predicted octanol–water partition coefficient (Wildman–Crippen LogP) is 10.6. The van der Waals surface area contributed by atoms with Gasteiger partial charge in [-0.3, -0.25) is 9.36 Å². The zero-order valence-electron chi connectivity index (χ0n) is 29.8. The second kappa shape index (κ2) is 15.9. The highest BCUT2D eigenvalue weighted by molar-refractivity contribution is 6.30. The number of imidazole rings is 1. The third kappa shape index (κ3) is 7.71. The third-order valence-electron chi connectivity index (χ3n) is 9.04. The lowest BCUT2D eigenvalue weighted by Gasteiger charge is -2.15. The van der Waals surface area contributed by atoms with Gasteiger partial charge in [0.25, 0.3) is 0 Å². The second-order valence-corrected chi connectivity index (χ2v) is 13.1. The van der Waals surface area contributed by atoms with Crippen LogP contribution in [0.1, 0.15) is 21.6 Å². The van der Waals surface area contributed by atoms with E-state index in [-0.39, 0.29) is 12.4 Å². The van der Waals surface area contributed by atoms with Crippen LogP contribution in [-0.4, -0.2) is 37.4 Å². The fourth-order valence-corrected chi connectivity index (χ4v) is 6.42. The SMILES string of the molecule is COc1cc(-c2nc(-c3ccccc3)c(-c3ccccc3)n2-c2ccccc2)ccc1OCc1cn(-c2ccc(C(=O)C=Cc3ccc(Cl)cc3)cc2)nn1. The van der Waals surface area contributed by atoms with Gasteiger partial charge in [0.2, 0.25) is 0 Å². The van der Waals surface area contributed by atoms with Crippen LogP contribution >= 0.6 is 11.6 Å². The zero-order chi connectivity index (χ0) is 37.6. The van der Waals surface area contributed by atoms with E-state index < -0.39 is 0 Å². The molecule has 9 heteroatoms. The van der Waals surface area contributed by atoms with Crippen molar-refractivity contribution in [2.75, 3.05) is 7.11 Å². The molecule has 8 nitrogen and oxygen atoms in total. The number of carbonyl (C=O) groups is 1. The standard InChI is InChI=1S/C46H34ClN5O3/c1-54-43-29-36(46-48-44(34-11-5-2-6-12-34)45(35-13-7-3-8-14-35)52(46)40-15-9-4-10-16-40)22-28-42(43)55-31-38-30-51(50-49-38)39-25-20-33(21-26-39)41(53)27-19-32-17-23-37(47)24-18-32/h2-30H,31H2,1H3. The van der Waals surface area contributed by atoms with Gasteiger partial charge in [0.15, 0.2) is 17.3 Å². The maximum Gasteiger partial charge on any atom is 0.185 e. The van der Waals surface area contributed by atoms with E-state index in [0.717, 1.165) is 50.8 Å². The molecular formula is C46H34ClN5O3. The van der Waals surface area contributed by atoms with E-state index in [0.29, 0.717) is 27.8 Å². The molecule has 0 N–H and O–H groups in total. The molecule has 8 aromatic rings. The van der Waals surface area contributed by atoms with Crippen LogP contribution in [0, 0.1) is 0 Å². The topological polar surface area (TPSA) is 84.1 Å². The molecule has 0 radical (unpaired) electrons. The molecule has 0 aliphatic rings. The van der Waals surface area contributed by atoms with E-state index in [2.05, 4.69) is 51.3 Å². The summed E-state index contributed by atoms with van der Waals surface area (Å²) in [6, 6.07) is 51.1. The molecule has 0 amide bonds. The summed E-state index contributed by atoms with van der Waals surface area (Å²) in [5, 5.41) is 9.25. The van der Waals surface area contributed by atoms with Gasteiger partial charge in [0, 0.05) is 33.0 Å². The Morgan fingerprint density at radius 3 is 2.07 bits per heavy atom. The first-order valence-corrected chi connectivity index (χ1v) is 18.0. The lowest BCUT2D eigenvalue weighted by molar-refractivity contribution is 0.104. The first kappa shape index (κ1) is 35.0. The molecule has 0 fully saturated rings. The second-order valence-electron chi connectivity index (χ2n) is 12.6. The number of hydrogen-bond acceptors (Lipinski definition) is 6. The van der Waals surface area contributed by atoms with E-state index in [1.807, 2.05) is 97.1 Å². The summed E-state index contributed by atoms with van der Waals surface area (Å²) in [5.41, 5.74) is 8.62. The average Bonchev–Trinajstić information content (AvgIpc) is 3.90. The first-order chi connectivity index (χ1) is 27.0. The van der Waals surface area contributed by atoms with Crippen molar-refractivity contribution >= 4 is 23.5 Å². The zero-order valence-corrected chi connectivity index (χ0v) is 30.5. The van der Waals surface area contributed by atoms with Crippen LogP contribution in [0.25, 0.3) is 51.4 Å². The fraction of sp³-hybridized carbons (Fsp3) is 0.0435. The van der Waals surface area contributed by atoms with E-state index in [4.69, 9.17) is 26.1 Å². The van der Waals surface area contributed by atoms with Crippen LogP contribution in [-0.2, 0) is 6.61 Å². The molecule has 2 aromatic heterocycles. The van der Waals surface area contributed by atoms with Gasteiger partial charge in [-0.25, -0.2) is 9.67 Å². The molecule has 0 aliphatic heterocycles. The molecule has 0 saturated carbocycles. The van der Waals surface area contributed by atoms with Crippen LogP contribution in [0.15, 0.2) is 170 Å². The normalized spacial score (nSPS) is 11.2. The van der Waals surface area contributed by atoms with Gasteiger partial charge in [0.1, 0.15) is 18.1 Å². The van der Waals surface area contributed by atoms with E-state index in [1.54, 1.807) is 54.4 Å². The fourth-order valence-electron chi connectivity index (χ4n) is 6.29. The molecule has 0 saturated heterocycles. The van der Waals surface area contributed by atoms with Crippen molar-refractivity contribution in [3.8, 4) is 56.8 Å². The van der Waals surface area contributed by atoms with Gasteiger partial charge in [-0.15, -0.1) is 5.10 Å². The Kier molecular flexibility index (Phi) is 10.1. The Morgan fingerprint density at radius 2 is 1.38 bits per heavy atom. The number of para-hydroxylation sites is 1. The van der Waals surface area contributed by atoms with Crippen LogP contribution in [0.4, 0.5) is 0 Å². The quantitative estimate of drug-likeness (QED) is 0.0916. The van der Waals surface area contributed by atoms with Crippen molar-refractivity contribution in [3.63, 3.8) is 0 Å². The Balaban J connectivity index is 1.03. The summed E-state index contributed by atoms with van der Waals surface area (Å²) in [5.74, 6) is 1.77. The minimum Gasteiger partial charge on any atom is -0.493 e. The number of ketones is 1. The number of halogens is 1. The molecular weight excluding hydrogens is 706 g/mol. The van der Waals surface area contributed by atoms with Crippen LogP contribution in [0.3, 0.4) is 0 Å². The maximum atomic E-state index is 12.7. The summed E-state index contributed by atoms with van der Waals surface area (Å²) in [7, 11) is 1.62. The molecule has 2 heterocycles. The highest BCUT2D eigenvalue weighted by atomic mass is 35.5. The Hall–Kier alpha value is -7.03. The van der Waals surface area contributed by atoms with E-state index in [1.165, 1.54) is 0 Å². The molecule has 6 aromatic carbocycles. The summed E-state index contributed by atoms with van der Waals surface area (Å²) in [4.78, 5) is 18.0. The Bertz CT molecular complexity index is 2580. The predicted molar refractivity (Wildman–Crippen MR) is 217 cm³/mol. The summed E-state index contributed by atoms with van der Waals surface area (Å²) >= 11 is 5.96. The number of methoxy groups -OCH3 is 1. The van der Waals surface area contributed by atoms with Crippen molar-refractivity contribution in [1.29, 1.82) is 0 Å². The molecule has 0 aliphatic carbocycles. The lowest BCUT2D eigenvalue weighted by atomic mass is 10.0. The number of allylic oxidation sites excluding steroid dienone is 1. The largest absolute Gasteiger partial charge is 0.493 e. The molecule has 0 unspecified atom stereocenters. The number of benzene rings is 6. The first-order valence-electron chi connectivity index (χ1n) is 17.6. The molecule has 0 bridgehead atoms. The smallest absolute Gasteiger partial charge is 0.185 e. The van der Waals surface area contributed by atoms with Crippen molar-refractivity contribution < 1.29 is 14.3 Å². The Morgan fingerprint density at radius 1 is 0.709 bits per heavy atom. The third-order valence-corrected chi connectivity index (χ3v) is 9.29. The number of aromatic nitrogens is 5. The van der Waals surface area contributed by atoms with Gasteiger partial charge >= 0.3 is 0 Å². The number of ether oxygens (including phenoxy) is 2. The average molecular weight is 740 g/mol. The van der Waals surface area contributed by atoms with Gasteiger partial charge in [0.05, 0.1) is 30.4 Å². The molecule has 268 valence electrons. The number of nitrogens with zero attached hydrogens (tertiary/aromatic N) is 5. The summed E-state index contributed by atoms with van der Waals surface area (Å²) in [6.07, 6.45) is 5.11. The van der Waals surface area contributed by atoms with Crippen molar-refractivity contribution in [1.82, 2.24) is 24.5 Å². The number of hydrogen-bond donors (Lipinski definition) is 0.